The van der Waals surface area contributed by atoms with Gasteiger partial charge >= 0.3 is 0 Å². The Morgan fingerprint density at radius 1 is 1.12 bits per heavy atom. The molecule has 1 aromatic carbocycles. The van der Waals surface area contributed by atoms with Crippen LogP contribution in [0, 0.1) is 0 Å². The number of methoxy groups -OCH3 is 1. The van der Waals surface area contributed by atoms with Gasteiger partial charge in [0.25, 0.3) is 0 Å². The van der Waals surface area contributed by atoms with Crippen molar-refractivity contribution in [1.29, 1.82) is 0 Å². The van der Waals surface area contributed by atoms with Gasteiger partial charge in [0.05, 0.1) is 12.7 Å². The molecule has 0 amide bonds. The molecule has 0 radical (unpaired) electrons. The molecule has 1 aromatic rings. The molecule has 3 heteroatoms. The van der Waals surface area contributed by atoms with E-state index in [0.717, 1.165) is 18.9 Å². The molecule has 0 saturated heterocycles. The van der Waals surface area contributed by atoms with Crippen LogP contribution in [-0.4, -0.2) is 26.4 Å². The van der Waals surface area contributed by atoms with Crippen LogP contribution in [0.15, 0.2) is 24.3 Å². The summed E-state index contributed by atoms with van der Waals surface area (Å²) in [5, 5.41) is 3.39. The van der Waals surface area contributed by atoms with Crippen molar-refractivity contribution < 1.29 is 9.47 Å². The summed E-state index contributed by atoms with van der Waals surface area (Å²) >= 11 is 0. The normalized spacial score (nSPS) is 12.8. The summed E-state index contributed by atoms with van der Waals surface area (Å²) in [7, 11) is 1.71. The van der Waals surface area contributed by atoms with Crippen LogP contribution >= 0.6 is 0 Å². The Labute approximate surface area is 104 Å². The molecule has 0 spiro atoms. The van der Waals surface area contributed by atoms with Crippen LogP contribution < -0.4 is 10.1 Å². The fourth-order valence-corrected chi connectivity index (χ4v) is 1.60. The zero-order valence-electron chi connectivity index (χ0n) is 11.2. The maximum absolute atomic E-state index is 5.61. The van der Waals surface area contributed by atoms with E-state index in [9.17, 15) is 0 Å². The molecule has 0 saturated carbocycles. The van der Waals surface area contributed by atoms with Gasteiger partial charge in [-0.2, -0.15) is 0 Å². The molecular formula is C14H23NO2. The summed E-state index contributed by atoms with van der Waals surface area (Å²) in [5.74, 6) is 0.924. The lowest BCUT2D eigenvalue weighted by Gasteiger charge is -2.15. The van der Waals surface area contributed by atoms with E-state index in [0.29, 0.717) is 6.04 Å². The lowest BCUT2D eigenvalue weighted by atomic mass is 10.1. The van der Waals surface area contributed by atoms with Crippen molar-refractivity contribution in [3.05, 3.63) is 29.8 Å². The van der Waals surface area contributed by atoms with E-state index in [1.807, 2.05) is 26.0 Å². The van der Waals surface area contributed by atoms with Crippen molar-refractivity contribution in [3.8, 4) is 5.75 Å². The van der Waals surface area contributed by atoms with Gasteiger partial charge in [-0.3, -0.25) is 0 Å². The van der Waals surface area contributed by atoms with Crippen molar-refractivity contribution in [3.63, 3.8) is 0 Å². The molecule has 0 aliphatic carbocycles. The highest BCUT2D eigenvalue weighted by Crippen LogP contribution is 2.18. The lowest BCUT2D eigenvalue weighted by Crippen LogP contribution is -2.22. The topological polar surface area (TPSA) is 30.5 Å². The number of nitrogens with one attached hydrogen (secondary N) is 1. The van der Waals surface area contributed by atoms with E-state index in [1.54, 1.807) is 7.11 Å². The Morgan fingerprint density at radius 3 is 2.29 bits per heavy atom. The quantitative estimate of drug-likeness (QED) is 0.740. The number of benzene rings is 1. The standard InChI is InChI=1S/C14H23NO2/c1-11(2)17-14-7-5-13(6-8-14)12(3)15-9-10-16-4/h5-8,11-12,15H,9-10H2,1-4H3/t12-/m1/s1. The van der Waals surface area contributed by atoms with Gasteiger partial charge in [-0.1, -0.05) is 12.1 Å². The Balaban J connectivity index is 2.48. The van der Waals surface area contributed by atoms with E-state index in [2.05, 4.69) is 24.4 Å². The molecule has 17 heavy (non-hydrogen) atoms. The van der Waals surface area contributed by atoms with E-state index < -0.39 is 0 Å². The zero-order chi connectivity index (χ0) is 12.7. The van der Waals surface area contributed by atoms with E-state index in [1.165, 1.54) is 5.56 Å². The molecule has 0 aromatic heterocycles. The molecule has 0 unspecified atom stereocenters. The van der Waals surface area contributed by atoms with Crippen LogP contribution in [0.1, 0.15) is 32.4 Å². The van der Waals surface area contributed by atoms with Crippen LogP contribution in [0.4, 0.5) is 0 Å². The first-order valence-electron chi connectivity index (χ1n) is 6.12. The predicted octanol–water partition coefficient (Wildman–Crippen LogP) is 2.77. The maximum Gasteiger partial charge on any atom is 0.119 e. The van der Waals surface area contributed by atoms with Gasteiger partial charge in [-0.15, -0.1) is 0 Å². The third-order valence-electron chi connectivity index (χ3n) is 2.51. The molecule has 0 aliphatic heterocycles. The highest BCUT2D eigenvalue weighted by Gasteiger charge is 2.04. The van der Waals surface area contributed by atoms with Gasteiger partial charge in [-0.25, -0.2) is 0 Å². The minimum atomic E-state index is 0.220. The first-order chi connectivity index (χ1) is 8.13. The summed E-state index contributed by atoms with van der Waals surface area (Å²) in [6.07, 6.45) is 0.220. The Bertz CT molecular complexity index is 309. The molecule has 0 heterocycles. The average molecular weight is 237 g/mol. The number of hydrogen-bond donors (Lipinski definition) is 1. The first-order valence-corrected chi connectivity index (χ1v) is 6.12. The molecule has 0 bridgehead atoms. The van der Waals surface area contributed by atoms with Crippen molar-refractivity contribution in [2.45, 2.75) is 32.9 Å². The van der Waals surface area contributed by atoms with Gasteiger partial charge in [0.2, 0.25) is 0 Å². The second-order valence-corrected chi connectivity index (χ2v) is 4.40. The summed E-state index contributed by atoms with van der Waals surface area (Å²) in [5.41, 5.74) is 1.26. The first kappa shape index (κ1) is 14.0. The van der Waals surface area contributed by atoms with Gasteiger partial charge in [-0.05, 0) is 38.5 Å². The van der Waals surface area contributed by atoms with Crippen LogP contribution in [0.3, 0.4) is 0 Å². The van der Waals surface area contributed by atoms with Crippen molar-refractivity contribution >= 4 is 0 Å². The molecule has 1 N–H and O–H groups in total. The van der Waals surface area contributed by atoms with Crippen LogP contribution in [-0.2, 0) is 4.74 Å². The Hall–Kier alpha value is -1.06. The minimum absolute atomic E-state index is 0.220. The third kappa shape index (κ3) is 5.20. The maximum atomic E-state index is 5.61. The van der Waals surface area contributed by atoms with Crippen LogP contribution in [0.5, 0.6) is 5.75 Å². The second kappa shape index (κ2) is 7.30. The summed E-state index contributed by atoms with van der Waals surface area (Å²) < 4.78 is 10.6. The van der Waals surface area contributed by atoms with Gasteiger partial charge < -0.3 is 14.8 Å². The average Bonchev–Trinajstić information content (AvgIpc) is 2.29. The highest BCUT2D eigenvalue weighted by atomic mass is 16.5. The van der Waals surface area contributed by atoms with Crippen molar-refractivity contribution in [2.24, 2.45) is 0 Å². The molecule has 0 aliphatic rings. The number of ether oxygens (including phenoxy) is 2. The Kier molecular flexibility index (Phi) is 6.01. The summed E-state index contributed by atoms with van der Waals surface area (Å²) in [4.78, 5) is 0. The number of rotatable bonds is 7. The molecule has 3 nitrogen and oxygen atoms in total. The van der Waals surface area contributed by atoms with Crippen molar-refractivity contribution in [1.82, 2.24) is 5.32 Å². The second-order valence-electron chi connectivity index (χ2n) is 4.40. The molecule has 1 rings (SSSR count). The van der Waals surface area contributed by atoms with Gasteiger partial charge in [0, 0.05) is 19.7 Å². The van der Waals surface area contributed by atoms with E-state index in [4.69, 9.17) is 9.47 Å². The van der Waals surface area contributed by atoms with Crippen LogP contribution in [0.25, 0.3) is 0 Å². The fourth-order valence-electron chi connectivity index (χ4n) is 1.60. The van der Waals surface area contributed by atoms with Gasteiger partial charge in [0.15, 0.2) is 0 Å². The molecule has 0 fully saturated rings. The molecular weight excluding hydrogens is 214 g/mol. The minimum Gasteiger partial charge on any atom is -0.491 e. The molecule has 1 atom stereocenters. The Morgan fingerprint density at radius 2 is 1.76 bits per heavy atom. The van der Waals surface area contributed by atoms with E-state index >= 15 is 0 Å². The van der Waals surface area contributed by atoms with E-state index in [-0.39, 0.29) is 6.10 Å². The monoisotopic (exact) mass is 237 g/mol. The zero-order valence-corrected chi connectivity index (χ0v) is 11.2. The predicted molar refractivity (Wildman–Crippen MR) is 70.5 cm³/mol. The third-order valence-corrected chi connectivity index (χ3v) is 2.51. The largest absolute Gasteiger partial charge is 0.491 e. The SMILES string of the molecule is COCCN[C@H](C)c1ccc(OC(C)C)cc1. The van der Waals surface area contributed by atoms with Gasteiger partial charge in [0.1, 0.15) is 5.75 Å². The lowest BCUT2D eigenvalue weighted by molar-refractivity contribution is 0.196. The summed E-state index contributed by atoms with van der Waals surface area (Å²) in [6.45, 7) is 7.81. The number of hydrogen-bond acceptors (Lipinski definition) is 3. The fraction of sp³-hybridized carbons (Fsp3) is 0.571. The summed E-state index contributed by atoms with van der Waals surface area (Å²) in [6, 6.07) is 8.57. The smallest absolute Gasteiger partial charge is 0.119 e. The van der Waals surface area contributed by atoms with Crippen LogP contribution in [0.2, 0.25) is 0 Å². The molecule has 96 valence electrons. The van der Waals surface area contributed by atoms with Crippen molar-refractivity contribution in [2.75, 3.05) is 20.3 Å². The highest BCUT2D eigenvalue weighted by molar-refractivity contribution is 5.29.